The van der Waals surface area contributed by atoms with Gasteiger partial charge < -0.3 is 25.1 Å². The lowest BCUT2D eigenvalue weighted by atomic mass is 9.91. The molecule has 5 nitrogen and oxygen atoms in total. The molecule has 7 heteroatoms. The summed E-state index contributed by atoms with van der Waals surface area (Å²) in [5, 5.41) is 32.6. The van der Waals surface area contributed by atoms with Crippen LogP contribution < -0.4 is 4.90 Å². The number of halogens is 1. The van der Waals surface area contributed by atoms with Crippen LogP contribution in [0.3, 0.4) is 0 Å². The molecule has 0 bridgehead atoms. The number of rotatable bonds is 7. The Labute approximate surface area is 227 Å². The number of hydrogen-bond acceptors (Lipinski definition) is 4. The van der Waals surface area contributed by atoms with Crippen molar-refractivity contribution in [3.05, 3.63) is 114 Å². The number of nitrogens with zero attached hydrogens (tertiary/aromatic N) is 2. The van der Waals surface area contributed by atoms with Gasteiger partial charge in [0, 0.05) is 18.3 Å². The van der Waals surface area contributed by atoms with Gasteiger partial charge in [-0.05, 0) is 84.2 Å². The zero-order valence-electron chi connectivity index (χ0n) is 20.9. The Morgan fingerprint density at radius 1 is 0.868 bits per heavy atom. The lowest BCUT2D eigenvalue weighted by Gasteiger charge is -2.30. The number of anilines is 1. The molecule has 3 atom stereocenters. The highest BCUT2D eigenvalue weighted by Gasteiger charge is 2.44. The van der Waals surface area contributed by atoms with Crippen LogP contribution in [0.4, 0.5) is 10.1 Å². The first-order valence-corrected chi connectivity index (χ1v) is 12.9. The minimum absolute atomic E-state index is 0.124. The average molecular weight is 529 g/mol. The molecule has 1 aliphatic rings. The highest BCUT2D eigenvalue weighted by molar-refractivity contribution is 7.80. The van der Waals surface area contributed by atoms with E-state index < -0.39 is 6.10 Å². The predicted octanol–water partition coefficient (Wildman–Crippen LogP) is 6.56. The summed E-state index contributed by atoms with van der Waals surface area (Å²) in [4.78, 5) is 4.07. The first-order valence-electron chi connectivity index (χ1n) is 12.5. The van der Waals surface area contributed by atoms with Crippen molar-refractivity contribution in [3.63, 3.8) is 0 Å². The standard InChI is InChI=1S/C31H29FN2O3S/c1-33-27(16-17-28(36)20-10-13-23(32)14-11-20)30(34(31(33)38)24-7-3-2-4-8-24)26-15-12-22(19-29(26)37)21-6-5-9-25(35)18-21/h2-15,18-19,27-28,30,35-37H,16-17H2,1H3/t27-,28-,30+/m0/s1. The second-order valence-corrected chi connectivity index (χ2v) is 9.94. The summed E-state index contributed by atoms with van der Waals surface area (Å²) in [6.45, 7) is 0. The Kier molecular flexibility index (Phi) is 7.31. The minimum atomic E-state index is -0.759. The molecule has 0 radical (unpaired) electrons. The lowest BCUT2D eigenvalue weighted by Crippen LogP contribution is -2.31. The maximum absolute atomic E-state index is 13.4. The van der Waals surface area contributed by atoms with E-state index in [-0.39, 0.29) is 29.4 Å². The third kappa shape index (κ3) is 5.08. The van der Waals surface area contributed by atoms with Crippen LogP contribution in [0.15, 0.2) is 97.1 Å². The molecule has 0 spiro atoms. The SMILES string of the molecule is CN1C(=S)N(c2ccccc2)[C@H](c2ccc(-c3cccc(O)c3)cc2O)[C@@H]1CC[C@H](O)c1ccc(F)cc1. The fourth-order valence-electron chi connectivity index (χ4n) is 5.21. The van der Waals surface area contributed by atoms with Crippen LogP contribution in [0, 0.1) is 5.82 Å². The van der Waals surface area contributed by atoms with Crippen LogP contribution >= 0.6 is 12.2 Å². The van der Waals surface area contributed by atoms with E-state index in [0.29, 0.717) is 29.1 Å². The van der Waals surface area contributed by atoms with Crippen molar-refractivity contribution in [2.75, 3.05) is 11.9 Å². The number of aliphatic hydroxyl groups excluding tert-OH is 1. The zero-order chi connectivity index (χ0) is 26.8. The number of thiocarbonyl (C=S) groups is 1. The molecule has 0 unspecified atom stereocenters. The number of hydrogen-bond donors (Lipinski definition) is 3. The molecule has 0 amide bonds. The van der Waals surface area contributed by atoms with Crippen molar-refractivity contribution in [1.29, 1.82) is 0 Å². The molecule has 0 saturated carbocycles. The molecule has 1 aliphatic heterocycles. The summed E-state index contributed by atoms with van der Waals surface area (Å²) in [6, 6.07) is 27.7. The summed E-state index contributed by atoms with van der Waals surface area (Å²) in [5.74, 6) is -0.0622. The first kappa shape index (κ1) is 25.7. The van der Waals surface area contributed by atoms with Crippen LogP contribution in [0.5, 0.6) is 11.5 Å². The molecule has 0 aromatic heterocycles. The van der Waals surface area contributed by atoms with Gasteiger partial charge in [0.2, 0.25) is 0 Å². The van der Waals surface area contributed by atoms with E-state index in [2.05, 4.69) is 0 Å². The molecule has 38 heavy (non-hydrogen) atoms. The van der Waals surface area contributed by atoms with Gasteiger partial charge in [0.1, 0.15) is 17.3 Å². The van der Waals surface area contributed by atoms with E-state index in [1.165, 1.54) is 12.1 Å². The number of benzene rings is 4. The van der Waals surface area contributed by atoms with Crippen LogP contribution in [0.2, 0.25) is 0 Å². The molecule has 1 saturated heterocycles. The summed E-state index contributed by atoms with van der Waals surface area (Å²) >= 11 is 5.89. The van der Waals surface area contributed by atoms with E-state index in [1.807, 2.05) is 65.4 Å². The van der Waals surface area contributed by atoms with Gasteiger partial charge in [-0.15, -0.1) is 0 Å². The van der Waals surface area contributed by atoms with Gasteiger partial charge >= 0.3 is 0 Å². The Morgan fingerprint density at radius 2 is 1.58 bits per heavy atom. The first-order chi connectivity index (χ1) is 18.3. The Balaban J connectivity index is 1.50. The molecular weight excluding hydrogens is 499 g/mol. The fraction of sp³-hybridized carbons (Fsp3) is 0.194. The highest BCUT2D eigenvalue weighted by Crippen LogP contribution is 2.44. The van der Waals surface area contributed by atoms with E-state index >= 15 is 0 Å². The number of likely N-dealkylation sites (N-methyl/N-ethyl adjacent to an activating group) is 1. The lowest BCUT2D eigenvalue weighted by molar-refractivity contribution is 0.152. The van der Waals surface area contributed by atoms with Crippen molar-refractivity contribution >= 4 is 23.0 Å². The van der Waals surface area contributed by atoms with E-state index in [0.717, 1.165) is 16.8 Å². The van der Waals surface area contributed by atoms with Crippen molar-refractivity contribution in [1.82, 2.24) is 4.90 Å². The van der Waals surface area contributed by atoms with Gasteiger partial charge in [0.25, 0.3) is 0 Å². The second-order valence-electron chi connectivity index (χ2n) is 9.58. The van der Waals surface area contributed by atoms with Crippen LogP contribution in [-0.2, 0) is 0 Å². The summed E-state index contributed by atoms with van der Waals surface area (Å²) in [7, 11) is 1.94. The molecule has 1 fully saturated rings. The molecule has 3 N–H and O–H groups in total. The van der Waals surface area contributed by atoms with Crippen LogP contribution in [0.25, 0.3) is 11.1 Å². The number of aromatic hydroxyl groups is 2. The summed E-state index contributed by atoms with van der Waals surface area (Å²) in [5.41, 5.74) is 3.86. The Morgan fingerprint density at radius 3 is 2.26 bits per heavy atom. The van der Waals surface area contributed by atoms with Gasteiger partial charge in [-0.25, -0.2) is 4.39 Å². The van der Waals surface area contributed by atoms with Gasteiger partial charge in [0.05, 0.1) is 18.2 Å². The molecular formula is C31H29FN2O3S. The van der Waals surface area contributed by atoms with E-state index in [4.69, 9.17) is 12.2 Å². The van der Waals surface area contributed by atoms with Crippen molar-refractivity contribution < 1.29 is 19.7 Å². The smallest absolute Gasteiger partial charge is 0.176 e. The minimum Gasteiger partial charge on any atom is -0.508 e. The number of phenolic OH excluding ortho intramolecular Hbond substituents is 2. The van der Waals surface area contributed by atoms with Gasteiger partial charge in [0.15, 0.2) is 5.11 Å². The van der Waals surface area contributed by atoms with E-state index in [1.54, 1.807) is 36.4 Å². The maximum atomic E-state index is 13.4. The number of phenols is 2. The molecule has 0 aliphatic carbocycles. The molecule has 194 valence electrons. The zero-order valence-corrected chi connectivity index (χ0v) is 21.7. The highest BCUT2D eigenvalue weighted by atomic mass is 32.1. The van der Waals surface area contributed by atoms with Crippen LogP contribution in [-0.4, -0.2) is 38.4 Å². The number of para-hydroxylation sites is 1. The van der Waals surface area contributed by atoms with Gasteiger partial charge in [-0.2, -0.15) is 0 Å². The normalized spacial score (nSPS) is 18.1. The average Bonchev–Trinajstić information content (AvgIpc) is 3.17. The van der Waals surface area contributed by atoms with Gasteiger partial charge in [-0.3, -0.25) is 0 Å². The maximum Gasteiger partial charge on any atom is 0.176 e. The third-order valence-corrected chi connectivity index (χ3v) is 7.69. The Hall–Kier alpha value is -3.94. The number of aliphatic hydroxyl groups is 1. The monoisotopic (exact) mass is 528 g/mol. The quantitative estimate of drug-likeness (QED) is 0.236. The Bertz CT molecular complexity index is 1430. The third-order valence-electron chi connectivity index (χ3n) is 7.20. The summed E-state index contributed by atoms with van der Waals surface area (Å²) < 4.78 is 13.4. The van der Waals surface area contributed by atoms with Crippen molar-refractivity contribution in [2.45, 2.75) is 31.0 Å². The van der Waals surface area contributed by atoms with E-state index in [9.17, 15) is 19.7 Å². The topological polar surface area (TPSA) is 67.2 Å². The predicted molar refractivity (Wildman–Crippen MR) is 152 cm³/mol. The summed E-state index contributed by atoms with van der Waals surface area (Å²) in [6.07, 6.45) is 0.257. The molecule has 4 aromatic carbocycles. The van der Waals surface area contributed by atoms with Crippen LogP contribution in [0.1, 0.15) is 36.1 Å². The molecule has 4 aromatic rings. The largest absolute Gasteiger partial charge is 0.508 e. The molecule has 5 rings (SSSR count). The van der Waals surface area contributed by atoms with Crippen molar-refractivity contribution in [2.24, 2.45) is 0 Å². The second kappa shape index (κ2) is 10.8. The van der Waals surface area contributed by atoms with Gasteiger partial charge in [-0.1, -0.05) is 54.6 Å². The van der Waals surface area contributed by atoms with Crippen molar-refractivity contribution in [3.8, 4) is 22.6 Å². The molecule has 1 heterocycles. The fourth-order valence-corrected chi connectivity index (χ4v) is 5.57.